The number of aliphatic imine (C=N–C) groups is 1. The summed E-state index contributed by atoms with van der Waals surface area (Å²) >= 11 is 0. The monoisotopic (exact) mass is 542 g/mol. The zero-order chi connectivity index (χ0) is 27.7. The molecule has 0 radical (unpaired) electrons. The van der Waals surface area contributed by atoms with Crippen molar-refractivity contribution in [3.63, 3.8) is 0 Å². The van der Waals surface area contributed by atoms with Crippen molar-refractivity contribution in [2.45, 2.75) is 44.4 Å². The summed E-state index contributed by atoms with van der Waals surface area (Å²) in [7, 11) is 0. The number of ether oxygens (including phenoxy) is 1. The van der Waals surface area contributed by atoms with E-state index < -0.39 is 54.7 Å². The van der Waals surface area contributed by atoms with Crippen molar-refractivity contribution in [2.75, 3.05) is 18.1 Å². The van der Waals surface area contributed by atoms with Crippen LogP contribution in [0.1, 0.15) is 43.2 Å². The van der Waals surface area contributed by atoms with Crippen LogP contribution in [0.3, 0.4) is 0 Å². The lowest BCUT2D eigenvalue weighted by molar-refractivity contribution is -0.146. The quantitative estimate of drug-likeness (QED) is 0.504. The minimum absolute atomic E-state index is 0.146. The standard InChI is InChI=1S/C28H29F3N4O4/c29-28(30,31)12-11-18(20(24(32)36)15-16-9-10-16)26(37)34-25-27(38)35-13-14-39-21-8-4-7-19(23(21)35)22(33-25)17-5-2-1-3-6-17/h1-8,16,18,20,25H,9-15H2,(H2,32,36)(H,34,37)/t18-,20+,25-/m1/s1. The van der Waals surface area contributed by atoms with Gasteiger partial charge in [-0.15, -0.1) is 0 Å². The van der Waals surface area contributed by atoms with E-state index in [1.54, 1.807) is 18.2 Å². The van der Waals surface area contributed by atoms with Crippen LogP contribution in [-0.4, -0.2) is 48.9 Å². The molecule has 39 heavy (non-hydrogen) atoms. The predicted octanol–water partition coefficient (Wildman–Crippen LogP) is 3.57. The van der Waals surface area contributed by atoms with E-state index in [1.807, 2.05) is 30.3 Å². The molecule has 3 atom stereocenters. The molecule has 8 nitrogen and oxygen atoms in total. The van der Waals surface area contributed by atoms with Crippen LogP contribution in [-0.2, 0) is 14.4 Å². The number of nitrogens with two attached hydrogens (primary N) is 1. The van der Waals surface area contributed by atoms with Gasteiger partial charge in [0.05, 0.1) is 17.9 Å². The number of para-hydroxylation sites is 1. The summed E-state index contributed by atoms with van der Waals surface area (Å²) in [6.45, 7) is 0.429. The number of carbonyl (C=O) groups excluding carboxylic acids is 3. The fraction of sp³-hybridized carbons (Fsp3) is 0.429. The summed E-state index contributed by atoms with van der Waals surface area (Å²) in [4.78, 5) is 45.8. The Morgan fingerprint density at radius 1 is 1.10 bits per heavy atom. The zero-order valence-corrected chi connectivity index (χ0v) is 21.1. The van der Waals surface area contributed by atoms with E-state index in [1.165, 1.54) is 4.90 Å². The van der Waals surface area contributed by atoms with Gasteiger partial charge in [0.15, 0.2) is 0 Å². The summed E-state index contributed by atoms with van der Waals surface area (Å²) in [5, 5.41) is 2.58. The average molecular weight is 543 g/mol. The third-order valence-corrected chi connectivity index (χ3v) is 7.39. The van der Waals surface area contributed by atoms with Crippen LogP contribution < -0.4 is 20.7 Å². The van der Waals surface area contributed by atoms with E-state index in [4.69, 9.17) is 10.5 Å². The number of halogens is 3. The van der Waals surface area contributed by atoms with Crippen molar-refractivity contribution in [3.8, 4) is 5.75 Å². The highest BCUT2D eigenvalue weighted by Gasteiger charge is 2.42. The van der Waals surface area contributed by atoms with E-state index in [2.05, 4.69) is 10.3 Å². The number of primary amides is 1. The van der Waals surface area contributed by atoms with E-state index in [-0.39, 0.29) is 25.5 Å². The SMILES string of the molecule is NC(=O)[C@@H](CC1CC1)[C@@H](CCC(F)(F)F)C(=O)N[C@H]1N=C(c2ccccc2)c2cccc3c2N(CCO3)C1=O. The summed E-state index contributed by atoms with van der Waals surface area (Å²) in [5.41, 5.74) is 7.84. The van der Waals surface area contributed by atoms with Gasteiger partial charge in [-0.2, -0.15) is 13.2 Å². The second-order valence-corrected chi connectivity index (χ2v) is 10.2. The Labute approximate surface area is 223 Å². The van der Waals surface area contributed by atoms with Crippen molar-refractivity contribution >= 4 is 29.1 Å². The molecule has 1 saturated carbocycles. The molecule has 0 spiro atoms. The van der Waals surface area contributed by atoms with Gasteiger partial charge >= 0.3 is 6.18 Å². The predicted molar refractivity (Wildman–Crippen MR) is 137 cm³/mol. The minimum atomic E-state index is -4.52. The lowest BCUT2D eigenvalue weighted by Gasteiger charge is -2.31. The Balaban J connectivity index is 1.51. The molecule has 0 aromatic heterocycles. The molecule has 2 aromatic rings. The van der Waals surface area contributed by atoms with Gasteiger partial charge in [-0.25, -0.2) is 4.99 Å². The van der Waals surface area contributed by atoms with Gasteiger partial charge in [0.2, 0.25) is 18.0 Å². The normalized spacial score (nSPS) is 20.2. The number of hydrogen-bond donors (Lipinski definition) is 2. The number of benzene rings is 2. The van der Waals surface area contributed by atoms with Crippen LogP contribution in [0, 0.1) is 17.8 Å². The van der Waals surface area contributed by atoms with Crippen LogP contribution in [0.2, 0.25) is 0 Å². The van der Waals surface area contributed by atoms with Crippen molar-refractivity contribution < 1.29 is 32.3 Å². The lowest BCUT2D eigenvalue weighted by Crippen LogP contribution is -2.52. The van der Waals surface area contributed by atoms with Crippen LogP contribution in [0.5, 0.6) is 5.75 Å². The second-order valence-electron chi connectivity index (χ2n) is 10.2. The van der Waals surface area contributed by atoms with Crippen molar-refractivity contribution in [1.82, 2.24) is 5.32 Å². The molecule has 1 fully saturated rings. The molecule has 0 unspecified atom stereocenters. The Hall–Kier alpha value is -3.89. The molecule has 3 aliphatic rings. The smallest absolute Gasteiger partial charge is 0.389 e. The molecule has 2 aliphatic heterocycles. The Morgan fingerprint density at radius 3 is 2.51 bits per heavy atom. The van der Waals surface area contributed by atoms with Crippen LogP contribution >= 0.6 is 0 Å². The molecular formula is C28H29F3N4O4. The lowest BCUT2D eigenvalue weighted by atomic mass is 9.83. The van der Waals surface area contributed by atoms with Crippen LogP contribution in [0.15, 0.2) is 53.5 Å². The summed E-state index contributed by atoms with van der Waals surface area (Å²) in [5.74, 6) is -4.01. The number of hydrogen-bond acceptors (Lipinski definition) is 5. The minimum Gasteiger partial charge on any atom is -0.490 e. The Morgan fingerprint density at radius 2 is 1.85 bits per heavy atom. The molecule has 0 bridgehead atoms. The third-order valence-electron chi connectivity index (χ3n) is 7.39. The fourth-order valence-corrected chi connectivity index (χ4v) is 5.28. The van der Waals surface area contributed by atoms with Gasteiger partial charge in [-0.1, -0.05) is 55.3 Å². The second kappa shape index (κ2) is 10.7. The summed E-state index contributed by atoms with van der Waals surface area (Å²) < 4.78 is 45.3. The topological polar surface area (TPSA) is 114 Å². The van der Waals surface area contributed by atoms with Gasteiger partial charge < -0.3 is 20.7 Å². The van der Waals surface area contributed by atoms with Crippen LogP contribution in [0.4, 0.5) is 18.9 Å². The van der Waals surface area contributed by atoms with E-state index in [0.29, 0.717) is 28.3 Å². The summed E-state index contributed by atoms with van der Waals surface area (Å²) in [6.07, 6.45) is -5.91. The first-order chi connectivity index (χ1) is 18.6. The highest BCUT2D eigenvalue weighted by atomic mass is 19.4. The number of alkyl halides is 3. The number of rotatable bonds is 9. The number of amides is 3. The maximum absolute atomic E-state index is 13.7. The largest absolute Gasteiger partial charge is 0.490 e. The Kier molecular flexibility index (Phi) is 7.33. The molecule has 2 aromatic carbocycles. The Bertz CT molecular complexity index is 1290. The van der Waals surface area contributed by atoms with Crippen molar-refractivity contribution in [2.24, 2.45) is 28.5 Å². The molecule has 2 heterocycles. The number of anilines is 1. The zero-order valence-electron chi connectivity index (χ0n) is 21.1. The maximum atomic E-state index is 13.7. The molecule has 5 rings (SSSR count). The van der Waals surface area contributed by atoms with Gasteiger partial charge in [-0.3, -0.25) is 14.4 Å². The van der Waals surface area contributed by atoms with Gasteiger partial charge in [0.25, 0.3) is 5.91 Å². The van der Waals surface area contributed by atoms with E-state index >= 15 is 0 Å². The summed E-state index contributed by atoms with van der Waals surface area (Å²) in [6, 6.07) is 14.4. The molecule has 3 amide bonds. The first-order valence-electron chi connectivity index (χ1n) is 13.0. The van der Waals surface area contributed by atoms with Gasteiger partial charge in [0.1, 0.15) is 12.4 Å². The van der Waals surface area contributed by atoms with E-state index in [0.717, 1.165) is 12.8 Å². The average Bonchev–Trinajstić information content (AvgIpc) is 3.74. The maximum Gasteiger partial charge on any atom is 0.389 e. The van der Waals surface area contributed by atoms with Crippen molar-refractivity contribution in [1.29, 1.82) is 0 Å². The number of nitrogens with one attached hydrogen (secondary N) is 1. The highest BCUT2D eigenvalue weighted by Crippen LogP contribution is 2.40. The van der Waals surface area contributed by atoms with Gasteiger partial charge in [-0.05, 0) is 24.8 Å². The van der Waals surface area contributed by atoms with Gasteiger partial charge in [0, 0.05) is 29.4 Å². The van der Waals surface area contributed by atoms with Crippen LogP contribution in [0.25, 0.3) is 0 Å². The number of nitrogens with zero attached hydrogens (tertiary/aromatic N) is 2. The first-order valence-corrected chi connectivity index (χ1v) is 13.0. The highest BCUT2D eigenvalue weighted by molar-refractivity contribution is 6.21. The van der Waals surface area contributed by atoms with E-state index in [9.17, 15) is 27.6 Å². The molecule has 1 aliphatic carbocycles. The fourth-order valence-electron chi connectivity index (χ4n) is 5.28. The molecular weight excluding hydrogens is 513 g/mol. The molecule has 11 heteroatoms. The van der Waals surface area contributed by atoms with Crippen molar-refractivity contribution in [3.05, 3.63) is 59.7 Å². The third kappa shape index (κ3) is 5.91. The molecule has 206 valence electrons. The molecule has 3 N–H and O–H groups in total. The molecule has 0 saturated heterocycles. The first kappa shape index (κ1) is 26.7. The number of carbonyl (C=O) groups is 3.